The number of aryl methyl sites for hydroxylation is 2. The van der Waals surface area contributed by atoms with E-state index < -0.39 is 12.0 Å². The predicted molar refractivity (Wildman–Crippen MR) is 101 cm³/mol. The van der Waals surface area contributed by atoms with Crippen LogP contribution < -0.4 is 9.80 Å². The zero-order valence-electron chi connectivity index (χ0n) is 16.0. The molecule has 0 aliphatic carbocycles. The van der Waals surface area contributed by atoms with Gasteiger partial charge in [0.25, 0.3) is 5.82 Å². The lowest BCUT2D eigenvalue weighted by Crippen LogP contribution is -2.47. The van der Waals surface area contributed by atoms with Crippen LogP contribution in [0.25, 0.3) is 5.65 Å². The predicted octanol–water partition coefficient (Wildman–Crippen LogP) is 3.39. The number of fused-ring (bicyclic) bond motifs is 1. The number of aromatic nitrogens is 4. The highest BCUT2D eigenvalue weighted by Gasteiger charge is 2.38. The molecule has 0 saturated carbocycles. The van der Waals surface area contributed by atoms with E-state index in [0.29, 0.717) is 24.5 Å². The third-order valence-corrected chi connectivity index (χ3v) is 5.27. The Hall–Kier alpha value is -2.84. The summed E-state index contributed by atoms with van der Waals surface area (Å²) in [5.74, 6) is -0.538. The molecular weight excluding hydrogens is 369 g/mol. The molecule has 1 saturated heterocycles. The molecule has 0 spiro atoms. The summed E-state index contributed by atoms with van der Waals surface area (Å²) < 4.78 is 40.6. The van der Waals surface area contributed by atoms with Crippen LogP contribution >= 0.6 is 0 Å². The molecule has 3 heterocycles. The van der Waals surface area contributed by atoms with Gasteiger partial charge in [-0.1, -0.05) is 12.1 Å². The van der Waals surface area contributed by atoms with Crippen molar-refractivity contribution in [1.82, 2.24) is 19.8 Å². The minimum absolute atomic E-state index is 0.145. The molecule has 28 heavy (non-hydrogen) atoms. The van der Waals surface area contributed by atoms with Crippen molar-refractivity contribution in [2.75, 3.05) is 36.0 Å². The maximum Gasteiger partial charge on any atom is 0.453 e. The second-order valence-corrected chi connectivity index (χ2v) is 7.14. The Labute approximate surface area is 160 Å². The van der Waals surface area contributed by atoms with E-state index in [-0.39, 0.29) is 5.65 Å². The molecule has 1 aliphatic heterocycles. The molecule has 9 heteroatoms. The van der Waals surface area contributed by atoms with E-state index in [1.54, 1.807) is 6.92 Å². The van der Waals surface area contributed by atoms with Gasteiger partial charge in [-0.3, -0.25) is 0 Å². The first-order valence-corrected chi connectivity index (χ1v) is 9.12. The van der Waals surface area contributed by atoms with Crippen LogP contribution in [0.4, 0.5) is 24.7 Å². The quantitative estimate of drug-likeness (QED) is 0.671. The Bertz CT molecular complexity index is 1020. The highest BCUT2D eigenvalue weighted by Crippen LogP contribution is 2.31. The highest BCUT2D eigenvalue weighted by molar-refractivity contribution is 5.60. The van der Waals surface area contributed by atoms with Gasteiger partial charge in [0.2, 0.25) is 0 Å². The van der Waals surface area contributed by atoms with Crippen LogP contribution in [-0.2, 0) is 6.18 Å². The Kier molecular flexibility index (Phi) is 4.40. The fourth-order valence-corrected chi connectivity index (χ4v) is 3.59. The summed E-state index contributed by atoms with van der Waals surface area (Å²) >= 11 is 0. The van der Waals surface area contributed by atoms with Gasteiger partial charge in [0.1, 0.15) is 0 Å². The van der Waals surface area contributed by atoms with Crippen LogP contribution in [0.15, 0.2) is 24.3 Å². The minimum Gasteiger partial charge on any atom is -0.368 e. The summed E-state index contributed by atoms with van der Waals surface area (Å²) in [6, 6.07) is 8.31. The van der Waals surface area contributed by atoms with E-state index in [2.05, 4.69) is 45.3 Å². The number of piperazine rings is 1. The Morgan fingerprint density at radius 2 is 1.57 bits per heavy atom. The van der Waals surface area contributed by atoms with E-state index in [4.69, 9.17) is 0 Å². The minimum atomic E-state index is -4.60. The smallest absolute Gasteiger partial charge is 0.368 e. The van der Waals surface area contributed by atoms with E-state index in [9.17, 15) is 13.2 Å². The second kappa shape index (κ2) is 6.65. The SMILES string of the molecule is Cc1cccc(N2CCN(c3nn4c(C(F)(F)F)nnc4c(C)c3C)CC2)c1. The molecule has 1 aliphatic rings. The summed E-state index contributed by atoms with van der Waals surface area (Å²) in [7, 11) is 0. The molecule has 4 rings (SSSR count). The van der Waals surface area contributed by atoms with Crippen molar-refractivity contribution in [3.8, 4) is 0 Å². The van der Waals surface area contributed by atoms with Gasteiger partial charge in [-0.2, -0.15) is 17.7 Å². The maximum atomic E-state index is 13.2. The Morgan fingerprint density at radius 1 is 0.893 bits per heavy atom. The summed E-state index contributed by atoms with van der Waals surface area (Å²) in [4.78, 5) is 4.32. The zero-order chi connectivity index (χ0) is 20.1. The van der Waals surface area contributed by atoms with Crippen molar-refractivity contribution in [2.45, 2.75) is 26.9 Å². The third-order valence-electron chi connectivity index (χ3n) is 5.27. The maximum absolute atomic E-state index is 13.2. The largest absolute Gasteiger partial charge is 0.453 e. The van der Waals surface area contributed by atoms with Crippen molar-refractivity contribution >= 4 is 17.2 Å². The molecule has 3 aromatic rings. The van der Waals surface area contributed by atoms with Crippen LogP contribution in [0.5, 0.6) is 0 Å². The number of anilines is 2. The van der Waals surface area contributed by atoms with Gasteiger partial charge in [-0.05, 0) is 38.5 Å². The van der Waals surface area contributed by atoms with E-state index in [1.165, 1.54) is 5.56 Å². The summed E-state index contributed by atoms with van der Waals surface area (Å²) in [5.41, 5.74) is 4.00. The van der Waals surface area contributed by atoms with Gasteiger partial charge in [0.15, 0.2) is 11.5 Å². The van der Waals surface area contributed by atoms with E-state index >= 15 is 0 Å². The van der Waals surface area contributed by atoms with Crippen molar-refractivity contribution < 1.29 is 13.2 Å². The summed E-state index contributed by atoms with van der Waals surface area (Å²) in [6.07, 6.45) is -4.60. The number of halogens is 3. The molecule has 0 atom stereocenters. The molecule has 6 nitrogen and oxygen atoms in total. The zero-order valence-corrected chi connectivity index (χ0v) is 16.0. The average Bonchev–Trinajstić information content (AvgIpc) is 3.09. The van der Waals surface area contributed by atoms with E-state index in [1.807, 2.05) is 17.9 Å². The highest BCUT2D eigenvalue weighted by atomic mass is 19.4. The first-order valence-electron chi connectivity index (χ1n) is 9.12. The van der Waals surface area contributed by atoms with Gasteiger partial charge in [0, 0.05) is 43.0 Å². The number of alkyl halides is 3. The molecule has 0 amide bonds. The van der Waals surface area contributed by atoms with Crippen molar-refractivity contribution in [1.29, 1.82) is 0 Å². The van der Waals surface area contributed by atoms with Crippen LogP contribution in [0, 0.1) is 20.8 Å². The van der Waals surface area contributed by atoms with Crippen LogP contribution in [0.1, 0.15) is 22.5 Å². The monoisotopic (exact) mass is 390 g/mol. The van der Waals surface area contributed by atoms with Gasteiger partial charge in [0.05, 0.1) is 0 Å². The lowest BCUT2D eigenvalue weighted by Gasteiger charge is -2.37. The summed E-state index contributed by atoms with van der Waals surface area (Å²) in [5, 5.41) is 11.3. The van der Waals surface area contributed by atoms with Crippen LogP contribution in [0.2, 0.25) is 0 Å². The Balaban J connectivity index is 1.64. The number of hydrogen-bond acceptors (Lipinski definition) is 5. The molecular formula is C19H21F3N6. The molecule has 0 N–H and O–H groups in total. The molecule has 0 unspecified atom stereocenters. The standard InChI is InChI=1S/C19H21F3N6/c1-12-5-4-6-15(11-12)26-7-9-27(10-8-26)17-14(3)13(2)16-23-24-18(19(20,21)22)28(16)25-17/h4-6,11H,7-10H2,1-3H3. The number of hydrogen-bond donors (Lipinski definition) is 0. The van der Waals surface area contributed by atoms with Gasteiger partial charge < -0.3 is 9.80 Å². The van der Waals surface area contributed by atoms with E-state index in [0.717, 1.165) is 28.9 Å². The molecule has 1 aromatic carbocycles. The first kappa shape index (κ1) is 18.5. The Morgan fingerprint density at radius 3 is 2.21 bits per heavy atom. The molecule has 148 valence electrons. The fraction of sp³-hybridized carbons (Fsp3) is 0.421. The molecule has 2 aromatic heterocycles. The van der Waals surface area contributed by atoms with Crippen molar-refractivity contribution in [2.24, 2.45) is 0 Å². The second-order valence-electron chi connectivity index (χ2n) is 7.14. The van der Waals surface area contributed by atoms with Crippen molar-refractivity contribution in [3.05, 3.63) is 46.8 Å². The van der Waals surface area contributed by atoms with Crippen LogP contribution in [-0.4, -0.2) is 46.0 Å². The van der Waals surface area contributed by atoms with Crippen LogP contribution in [0.3, 0.4) is 0 Å². The molecule has 0 radical (unpaired) electrons. The lowest BCUT2D eigenvalue weighted by molar-refractivity contribution is -0.146. The number of benzene rings is 1. The van der Waals surface area contributed by atoms with Gasteiger partial charge in [-0.15, -0.1) is 15.3 Å². The normalized spacial score (nSPS) is 15.5. The number of rotatable bonds is 2. The topological polar surface area (TPSA) is 49.6 Å². The lowest BCUT2D eigenvalue weighted by atomic mass is 10.1. The third kappa shape index (κ3) is 3.14. The van der Waals surface area contributed by atoms with Gasteiger partial charge >= 0.3 is 6.18 Å². The first-order chi connectivity index (χ1) is 13.3. The molecule has 0 bridgehead atoms. The molecule has 1 fully saturated rings. The summed E-state index contributed by atoms with van der Waals surface area (Å²) in [6.45, 7) is 8.58. The van der Waals surface area contributed by atoms with Crippen molar-refractivity contribution in [3.63, 3.8) is 0 Å². The number of nitrogens with zero attached hydrogens (tertiary/aromatic N) is 6. The van der Waals surface area contributed by atoms with Gasteiger partial charge in [-0.25, -0.2) is 0 Å². The fourth-order valence-electron chi connectivity index (χ4n) is 3.59. The average molecular weight is 390 g/mol.